The number of thioether (sulfide) groups is 2. The third kappa shape index (κ3) is 6.38. The Balaban J connectivity index is 2.56. The molecule has 0 N–H and O–H groups in total. The summed E-state index contributed by atoms with van der Waals surface area (Å²) in [5.41, 5.74) is 0. The van der Waals surface area contributed by atoms with Crippen LogP contribution in [0.2, 0.25) is 0 Å². The van der Waals surface area contributed by atoms with E-state index in [0.29, 0.717) is 9.81 Å². The first kappa shape index (κ1) is 15.5. The molecule has 0 spiro atoms. The molecule has 4 heteroatoms. The maximum absolute atomic E-state index is 9.10. The highest BCUT2D eigenvalue weighted by atomic mass is 32.2. The normalized spacial score (nSPS) is 24.6. The van der Waals surface area contributed by atoms with Crippen molar-refractivity contribution in [2.45, 2.75) is 51.4 Å². The van der Waals surface area contributed by atoms with Crippen LogP contribution in [0.1, 0.15) is 51.4 Å². The van der Waals surface area contributed by atoms with Crippen LogP contribution in [0.5, 0.6) is 0 Å². The van der Waals surface area contributed by atoms with Gasteiger partial charge in [-0.05, 0) is 24.3 Å². The van der Waals surface area contributed by atoms with Crippen molar-refractivity contribution in [3.63, 3.8) is 0 Å². The van der Waals surface area contributed by atoms with Crippen molar-refractivity contribution in [2.75, 3.05) is 11.5 Å². The van der Waals surface area contributed by atoms with Gasteiger partial charge < -0.3 is 0 Å². The molecule has 0 atom stereocenters. The zero-order valence-corrected chi connectivity index (χ0v) is 12.4. The Morgan fingerprint density at radius 2 is 0.944 bits per heavy atom. The number of allylic oxidation sites excluding steroid dienone is 2. The average Bonchev–Trinajstić information content (AvgIpc) is 2.40. The molecule has 1 rings (SSSR count). The van der Waals surface area contributed by atoms with Gasteiger partial charge in [0.1, 0.15) is 21.9 Å². The van der Waals surface area contributed by atoms with E-state index < -0.39 is 0 Å². The van der Waals surface area contributed by atoms with Crippen LogP contribution < -0.4 is 0 Å². The van der Waals surface area contributed by atoms with Gasteiger partial charge in [-0.2, -0.15) is 10.5 Å². The van der Waals surface area contributed by atoms with Crippen molar-refractivity contribution in [3.05, 3.63) is 9.81 Å². The molecule has 0 radical (unpaired) electrons. The quantitative estimate of drug-likeness (QED) is 0.636. The molecule has 18 heavy (non-hydrogen) atoms. The Morgan fingerprint density at radius 1 is 0.611 bits per heavy atom. The second-order valence-electron chi connectivity index (χ2n) is 4.41. The Morgan fingerprint density at radius 3 is 1.28 bits per heavy atom. The van der Waals surface area contributed by atoms with Gasteiger partial charge in [0.15, 0.2) is 0 Å². The molecule has 0 fully saturated rings. The van der Waals surface area contributed by atoms with E-state index in [9.17, 15) is 0 Å². The van der Waals surface area contributed by atoms with Crippen LogP contribution in [-0.4, -0.2) is 11.5 Å². The monoisotopic (exact) mass is 280 g/mol. The molecule has 1 aliphatic heterocycles. The zero-order valence-electron chi connectivity index (χ0n) is 10.8. The lowest BCUT2D eigenvalue weighted by atomic mass is 10.1. The molecule has 0 saturated carbocycles. The van der Waals surface area contributed by atoms with Gasteiger partial charge in [0, 0.05) is 0 Å². The highest BCUT2D eigenvalue weighted by molar-refractivity contribution is 8.07. The second kappa shape index (κ2) is 10.4. The lowest BCUT2D eigenvalue weighted by Gasteiger charge is -2.06. The Bertz CT molecular complexity index is 316. The summed E-state index contributed by atoms with van der Waals surface area (Å²) in [6, 6.07) is 4.37. The summed E-state index contributed by atoms with van der Waals surface area (Å²) in [4.78, 5) is 1.25. The first-order chi connectivity index (χ1) is 8.88. The van der Waals surface area contributed by atoms with Gasteiger partial charge >= 0.3 is 0 Å². The van der Waals surface area contributed by atoms with E-state index in [1.54, 1.807) is 23.5 Å². The number of nitriles is 2. The Kier molecular flexibility index (Phi) is 8.90. The first-order valence-electron chi connectivity index (χ1n) is 6.68. The highest BCUT2D eigenvalue weighted by Crippen LogP contribution is 2.29. The molecular weight excluding hydrogens is 260 g/mol. The third-order valence-corrected chi connectivity index (χ3v) is 5.22. The molecule has 0 aromatic heterocycles. The van der Waals surface area contributed by atoms with E-state index in [-0.39, 0.29) is 0 Å². The minimum atomic E-state index is 0.625. The van der Waals surface area contributed by atoms with Gasteiger partial charge in [0.05, 0.1) is 0 Å². The summed E-state index contributed by atoms with van der Waals surface area (Å²) < 4.78 is 0. The fourth-order valence-corrected chi connectivity index (χ4v) is 3.85. The molecule has 0 aromatic carbocycles. The molecule has 1 aliphatic rings. The van der Waals surface area contributed by atoms with E-state index in [1.807, 2.05) is 0 Å². The van der Waals surface area contributed by atoms with Gasteiger partial charge in [-0.25, -0.2) is 0 Å². The van der Waals surface area contributed by atoms with Crippen LogP contribution in [-0.2, 0) is 0 Å². The lowest BCUT2D eigenvalue weighted by Crippen LogP contribution is -1.89. The number of hydrogen-bond donors (Lipinski definition) is 0. The largest absolute Gasteiger partial charge is 0.192 e. The first-order valence-corrected chi connectivity index (χ1v) is 8.65. The number of rotatable bonds is 0. The number of hydrogen-bond acceptors (Lipinski definition) is 4. The van der Waals surface area contributed by atoms with Gasteiger partial charge in [-0.3, -0.25) is 0 Å². The molecule has 0 bridgehead atoms. The van der Waals surface area contributed by atoms with Crippen molar-refractivity contribution in [1.82, 2.24) is 0 Å². The van der Waals surface area contributed by atoms with E-state index in [0.717, 1.165) is 24.3 Å². The van der Waals surface area contributed by atoms with Gasteiger partial charge in [0.2, 0.25) is 0 Å². The second-order valence-corrected chi connectivity index (χ2v) is 6.62. The average molecular weight is 280 g/mol. The van der Waals surface area contributed by atoms with Crippen LogP contribution in [0.3, 0.4) is 0 Å². The summed E-state index contributed by atoms with van der Waals surface area (Å²) in [7, 11) is 0. The maximum Gasteiger partial charge on any atom is 0.109 e. The van der Waals surface area contributed by atoms with Gasteiger partial charge in [-0.1, -0.05) is 38.5 Å². The van der Waals surface area contributed by atoms with E-state index in [2.05, 4.69) is 12.1 Å². The minimum Gasteiger partial charge on any atom is -0.192 e. The molecule has 0 saturated heterocycles. The molecule has 0 amide bonds. The fraction of sp³-hybridized carbons (Fsp3) is 0.714. The predicted molar refractivity (Wildman–Crippen MR) is 80.1 cm³/mol. The molecule has 98 valence electrons. The summed E-state index contributed by atoms with van der Waals surface area (Å²) in [6.45, 7) is 0. The Labute approximate surface area is 119 Å². The standard InChI is InChI=1S/C14H20N2S2/c15-11-13-14(12-16)18-10-8-6-4-2-1-3-5-7-9-17-13/h1-10H2/b14-13-. The number of nitrogens with zero attached hydrogens (tertiary/aromatic N) is 2. The van der Waals surface area contributed by atoms with Crippen molar-refractivity contribution < 1.29 is 0 Å². The maximum atomic E-state index is 9.10. The highest BCUT2D eigenvalue weighted by Gasteiger charge is 2.08. The molecule has 0 aliphatic carbocycles. The van der Waals surface area contributed by atoms with E-state index in [1.165, 1.54) is 38.5 Å². The van der Waals surface area contributed by atoms with Crippen molar-refractivity contribution in [3.8, 4) is 12.1 Å². The zero-order chi connectivity index (χ0) is 13.1. The Hall–Kier alpha value is -0.580. The summed E-state index contributed by atoms with van der Waals surface area (Å²) in [5.74, 6) is 1.93. The molecule has 2 nitrogen and oxygen atoms in total. The lowest BCUT2D eigenvalue weighted by molar-refractivity contribution is 0.588. The topological polar surface area (TPSA) is 47.6 Å². The molecule has 0 aromatic rings. The summed E-state index contributed by atoms with van der Waals surface area (Å²) in [6.07, 6.45) is 10.1. The van der Waals surface area contributed by atoms with Crippen molar-refractivity contribution in [2.24, 2.45) is 0 Å². The minimum absolute atomic E-state index is 0.625. The molecular formula is C14H20N2S2. The fourth-order valence-electron chi connectivity index (χ4n) is 1.91. The van der Waals surface area contributed by atoms with Crippen LogP contribution in [0.4, 0.5) is 0 Å². The van der Waals surface area contributed by atoms with Crippen LogP contribution in [0.25, 0.3) is 0 Å². The molecule has 1 heterocycles. The van der Waals surface area contributed by atoms with Crippen molar-refractivity contribution in [1.29, 1.82) is 10.5 Å². The third-order valence-electron chi connectivity index (χ3n) is 2.94. The van der Waals surface area contributed by atoms with E-state index >= 15 is 0 Å². The summed E-state index contributed by atoms with van der Waals surface area (Å²) in [5, 5.41) is 18.2. The van der Waals surface area contributed by atoms with E-state index in [4.69, 9.17) is 10.5 Å². The molecule has 0 unspecified atom stereocenters. The van der Waals surface area contributed by atoms with Crippen molar-refractivity contribution >= 4 is 23.5 Å². The smallest absolute Gasteiger partial charge is 0.109 e. The van der Waals surface area contributed by atoms with Gasteiger partial charge in [0.25, 0.3) is 0 Å². The predicted octanol–water partition coefficient (Wildman–Crippen LogP) is 4.85. The van der Waals surface area contributed by atoms with Gasteiger partial charge in [-0.15, -0.1) is 23.5 Å². The SMILES string of the molecule is N#C/C1=C(\C#N)SCCCCCCCCCCS1. The van der Waals surface area contributed by atoms with Crippen LogP contribution in [0.15, 0.2) is 9.81 Å². The summed E-state index contributed by atoms with van der Waals surface area (Å²) >= 11 is 3.11. The van der Waals surface area contributed by atoms with Crippen LogP contribution >= 0.6 is 23.5 Å². The van der Waals surface area contributed by atoms with Crippen LogP contribution in [0, 0.1) is 22.7 Å².